The van der Waals surface area contributed by atoms with Gasteiger partial charge in [0.2, 0.25) is 5.95 Å². The number of fused-ring (bicyclic) bond motifs is 1. The van der Waals surface area contributed by atoms with Gasteiger partial charge in [-0.25, -0.2) is 14.8 Å². The van der Waals surface area contributed by atoms with Crippen molar-refractivity contribution in [1.29, 1.82) is 0 Å². The smallest absolute Gasteiger partial charge is 0.326 e. The maximum absolute atomic E-state index is 12.3. The first-order valence-electron chi connectivity index (χ1n) is 9.33. The largest absolute Gasteiger partial charge is 0.481 e. The number of nitrogens with one attached hydrogen (secondary N) is 3. The van der Waals surface area contributed by atoms with Crippen LogP contribution >= 0.6 is 0 Å². The number of H-pyrrole nitrogens is 1. The minimum atomic E-state index is -1.31. The van der Waals surface area contributed by atoms with Crippen LogP contribution < -0.4 is 21.9 Å². The Hall–Kier alpha value is -4.02. The molecule has 1 amide bonds. The van der Waals surface area contributed by atoms with Gasteiger partial charge < -0.3 is 31.6 Å². The third-order valence-corrected chi connectivity index (χ3v) is 4.36. The van der Waals surface area contributed by atoms with Crippen molar-refractivity contribution in [3.05, 3.63) is 52.1 Å². The minimum absolute atomic E-state index is 0. The molecule has 2 aromatic heterocycles. The normalized spacial score (nSPS) is 11.3. The summed E-state index contributed by atoms with van der Waals surface area (Å²) >= 11 is 0. The molecule has 0 spiro atoms. The van der Waals surface area contributed by atoms with Gasteiger partial charge in [-0.1, -0.05) is 0 Å². The van der Waals surface area contributed by atoms with Crippen LogP contribution in [-0.2, 0) is 33.5 Å². The zero-order chi connectivity index (χ0) is 23.3. The van der Waals surface area contributed by atoms with Gasteiger partial charge >= 0.3 is 17.5 Å². The van der Waals surface area contributed by atoms with Gasteiger partial charge in [0.25, 0.3) is 5.91 Å². The van der Waals surface area contributed by atoms with Gasteiger partial charge in [-0.05, 0) is 30.7 Å². The minimum Gasteiger partial charge on any atom is -0.481 e. The van der Waals surface area contributed by atoms with Crippen LogP contribution in [0.25, 0.3) is 11.2 Å². The molecule has 14 heteroatoms. The number of hydrogen-bond donors (Lipinski definition) is 6. The Morgan fingerprint density at radius 2 is 1.82 bits per heavy atom. The van der Waals surface area contributed by atoms with Gasteiger partial charge in [-0.3, -0.25) is 14.4 Å². The van der Waals surface area contributed by atoms with Crippen molar-refractivity contribution in [3.8, 4) is 0 Å². The zero-order valence-corrected chi connectivity index (χ0v) is 18.2. The average molecular weight is 493 g/mol. The van der Waals surface area contributed by atoms with Crippen LogP contribution in [0.3, 0.4) is 0 Å². The molecule has 1 aromatic carbocycles. The first-order valence-corrected chi connectivity index (χ1v) is 9.33. The number of anilines is 2. The molecule has 33 heavy (non-hydrogen) atoms. The van der Waals surface area contributed by atoms with E-state index < -0.39 is 29.4 Å². The van der Waals surface area contributed by atoms with Crippen LogP contribution in [0.5, 0.6) is 0 Å². The van der Waals surface area contributed by atoms with Gasteiger partial charge in [-0.15, -0.1) is 0 Å². The molecule has 0 aliphatic heterocycles. The number of nitrogen functional groups attached to an aromatic ring is 1. The summed E-state index contributed by atoms with van der Waals surface area (Å²) in [6.07, 6.45) is 0.858. The summed E-state index contributed by atoms with van der Waals surface area (Å²) in [7, 11) is 0. The molecule has 0 radical (unpaired) electrons. The summed E-state index contributed by atoms with van der Waals surface area (Å²) in [5.41, 5.74) is 6.47. The number of carbonyl (C=O) groups is 3. The molecule has 0 fully saturated rings. The van der Waals surface area contributed by atoms with Crippen LogP contribution in [0.2, 0.25) is 0 Å². The van der Waals surface area contributed by atoms with Crippen molar-refractivity contribution in [3.63, 3.8) is 0 Å². The number of hydrogen-bond acceptors (Lipinski definition) is 9. The van der Waals surface area contributed by atoms with Gasteiger partial charge in [0.05, 0.1) is 18.4 Å². The van der Waals surface area contributed by atoms with Crippen molar-refractivity contribution < 1.29 is 42.0 Å². The summed E-state index contributed by atoms with van der Waals surface area (Å²) < 4.78 is 0. The Morgan fingerprint density at radius 1 is 1.12 bits per heavy atom. The first kappa shape index (κ1) is 25.2. The van der Waals surface area contributed by atoms with E-state index in [0.29, 0.717) is 11.4 Å². The van der Waals surface area contributed by atoms with Crippen LogP contribution in [-0.4, -0.2) is 54.0 Å². The predicted octanol–water partition coefficient (Wildman–Crippen LogP) is -0.0473. The summed E-state index contributed by atoms with van der Waals surface area (Å²) in [5.74, 6) is -3.16. The Balaban J connectivity index is 0.00000385. The third-order valence-electron chi connectivity index (χ3n) is 4.36. The number of aromatic amines is 1. The monoisotopic (exact) mass is 493 g/mol. The van der Waals surface area contributed by atoms with Gasteiger partial charge in [0.15, 0.2) is 11.2 Å². The number of carbonyl (C=O) groups excluding carboxylic acids is 1. The van der Waals surface area contributed by atoms with E-state index in [1.54, 1.807) is 12.1 Å². The molecule has 0 bridgehead atoms. The maximum Gasteiger partial charge on any atom is 0.326 e. The molecule has 0 aliphatic carbocycles. The number of aliphatic carboxylic acids is 2. The Morgan fingerprint density at radius 3 is 2.45 bits per heavy atom. The average Bonchev–Trinajstić information content (AvgIpc) is 2.75. The molecule has 172 valence electrons. The Bertz CT molecular complexity index is 1230. The summed E-state index contributed by atoms with van der Waals surface area (Å²) in [6.45, 7) is 0.231. The number of rotatable bonds is 9. The molecule has 2 heterocycles. The van der Waals surface area contributed by atoms with Crippen LogP contribution in [0.1, 0.15) is 28.9 Å². The Labute approximate surface area is 196 Å². The van der Waals surface area contributed by atoms with Gasteiger partial charge in [-0.2, -0.15) is 4.98 Å². The summed E-state index contributed by atoms with van der Waals surface area (Å²) in [6, 6.07) is 4.86. The SMILES string of the molecule is Nc1nc(=O)c2nc(CNc3ccc(C(=O)N[C@@H](CCC(=O)O)C(=O)O)cc3)cnc2[nH]1.[Cr]. The molecule has 0 saturated carbocycles. The number of carboxylic acids is 2. The fraction of sp³-hybridized carbons (Fsp3) is 0.211. The van der Waals surface area contributed by atoms with E-state index in [0.717, 1.165) is 0 Å². The maximum atomic E-state index is 12.3. The fourth-order valence-electron chi connectivity index (χ4n) is 2.76. The van der Waals surface area contributed by atoms with E-state index in [1.165, 1.54) is 18.3 Å². The van der Waals surface area contributed by atoms with Crippen molar-refractivity contribution in [2.75, 3.05) is 11.1 Å². The van der Waals surface area contributed by atoms with Gasteiger partial charge in [0.1, 0.15) is 6.04 Å². The molecule has 3 rings (SSSR count). The quantitative estimate of drug-likeness (QED) is 0.232. The molecule has 13 nitrogen and oxygen atoms in total. The van der Waals surface area contributed by atoms with E-state index in [9.17, 15) is 19.2 Å². The second kappa shape index (κ2) is 11.0. The summed E-state index contributed by atoms with van der Waals surface area (Å²) in [5, 5.41) is 23.2. The molecule has 7 N–H and O–H groups in total. The van der Waals surface area contributed by atoms with Crippen molar-refractivity contribution in [2.24, 2.45) is 0 Å². The molecule has 0 aliphatic rings. The Kier molecular flexibility index (Phi) is 8.44. The zero-order valence-electron chi connectivity index (χ0n) is 16.9. The van der Waals surface area contributed by atoms with Crippen LogP contribution in [0.15, 0.2) is 35.3 Å². The standard InChI is InChI=1S/C19H19N7O6.Cr/c20-19-25-15-14(17(30)26-19)23-11(8-22-15)7-21-10-3-1-9(2-4-10)16(29)24-12(18(31)32)5-6-13(27)28;/h1-4,8,12,21H,5-7H2,(H,24,29)(H,27,28)(H,31,32)(H3,20,22,25,26,30);/t12-;/m0./s1. The fourth-order valence-corrected chi connectivity index (χ4v) is 2.76. The van der Waals surface area contributed by atoms with E-state index in [-0.39, 0.29) is 59.4 Å². The molecule has 1 atom stereocenters. The predicted molar refractivity (Wildman–Crippen MR) is 112 cm³/mol. The van der Waals surface area contributed by atoms with Crippen molar-refractivity contribution in [1.82, 2.24) is 25.3 Å². The third kappa shape index (κ3) is 6.73. The molecule has 0 saturated heterocycles. The number of benzene rings is 1. The number of aromatic nitrogens is 4. The van der Waals surface area contributed by atoms with Crippen molar-refractivity contribution in [2.45, 2.75) is 25.4 Å². The molecule has 3 aromatic rings. The summed E-state index contributed by atoms with van der Waals surface area (Å²) in [4.78, 5) is 60.5. The van der Waals surface area contributed by atoms with Gasteiger partial charge in [0, 0.05) is 35.0 Å². The first-order chi connectivity index (χ1) is 15.2. The van der Waals surface area contributed by atoms with E-state index in [4.69, 9.17) is 15.9 Å². The van der Waals surface area contributed by atoms with Crippen LogP contribution in [0, 0.1) is 0 Å². The number of nitrogens with two attached hydrogens (primary N) is 1. The molecule has 0 unspecified atom stereocenters. The number of carboxylic acid groups (broad SMARTS) is 2. The number of nitrogens with zero attached hydrogens (tertiary/aromatic N) is 3. The second-order valence-electron chi connectivity index (χ2n) is 6.71. The molecular formula is C19H19CrN7O6. The topological polar surface area (TPSA) is 213 Å². The van der Waals surface area contributed by atoms with Crippen LogP contribution in [0.4, 0.5) is 11.6 Å². The van der Waals surface area contributed by atoms with Crippen molar-refractivity contribution >= 4 is 40.6 Å². The van der Waals surface area contributed by atoms with E-state index >= 15 is 0 Å². The second-order valence-corrected chi connectivity index (χ2v) is 6.71. The number of amides is 1. The van der Waals surface area contributed by atoms with E-state index in [1.807, 2.05) is 0 Å². The van der Waals surface area contributed by atoms with E-state index in [2.05, 4.69) is 30.6 Å². The molecular weight excluding hydrogens is 474 g/mol.